The lowest BCUT2D eigenvalue weighted by molar-refractivity contribution is 1.10. The molecule has 0 unspecified atom stereocenters. The van der Waals surface area contributed by atoms with Crippen molar-refractivity contribution >= 4 is 15.9 Å². The summed E-state index contributed by atoms with van der Waals surface area (Å²) in [6, 6.07) is 8.01. The van der Waals surface area contributed by atoms with E-state index in [0.29, 0.717) is 12.0 Å². The molecule has 0 aliphatic rings. The molecule has 1 aromatic carbocycles. The fourth-order valence-electron chi connectivity index (χ4n) is 1.32. The molecule has 0 atom stereocenters. The Morgan fingerprint density at radius 3 is 2.57 bits per heavy atom. The Morgan fingerprint density at radius 2 is 2.07 bits per heavy atom. The molecule has 0 amide bonds. The van der Waals surface area contributed by atoms with Crippen LogP contribution in [0.15, 0.2) is 16.6 Å². The summed E-state index contributed by atoms with van der Waals surface area (Å²) < 4.78 is 0.782. The molecule has 0 N–H and O–H groups in total. The smallest absolute Gasteiger partial charge is 0.101 e. The Balaban J connectivity index is 3.27. The van der Waals surface area contributed by atoms with Gasteiger partial charge < -0.3 is 0 Å². The van der Waals surface area contributed by atoms with Gasteiger partial charge in [0, 0.05) is 4.47 Å². The lowest BCUT2D eigenvalue weighted by atomic mass is 10.0. The van der Waals surface area contributed by atoms with Crippen molar-refractivity contribution in [2.45, 2.75) is 19.8 Å². The number of hydrogen-bond acceptors (Lipinski definition) is 2. The molecule has 2 nitrogen and oxygen atoms in total. The molecule has 1 rings (SSSR count). The van der Waals surface area contributed by atoms with Crippen molar-refractivity contribution in [1.29, 1.82) is 10.5 Å². The maximum atomic E-state index is 8.91. The number of halogens is 1. The van der Waals surface area contributed by atoms with Gasteiger partial charge in [0.1, 0.15) is 6.07 Å². The molecule has 70 valence electrons. The summed E-state index contributed by atoms with van der Waals surface area (Å²) in [4.78, 5) is 0. The van der Waals surface area contributed by atoms with Crippen molar-refractivity contribution < 1.29 is 0 Å². The van der Waals surface area contributed by atoms with Gasteiger partial charge in [-0.05, 0) is 39.5 Å². The van der Waals surface area contributed by atoms with Crippen molar-refractivity contribution in [2.75, 3.05) is 0 Å². The van der Waals surface area contributed by atoms with Crippen LogP contribution in [0.1, 0.15) is 23.6 Å². The van der Waals surface area contributed by atoms with Crippen LogP contribution in [0, 0.1) is 22.7 Å². The van der Waals surface area contributed by atoms with Gasteiger partial charge in [0.2, 0.25) is 0 Å². The number of aryl methyl sites for hydroxylation is 1. The quantitative estimate of drug-likeness (QED) is 0.808. The van der Waals surface area contributed by atoms with E-state index in [2.05, 4.69) is 28.1 Å². The van der Waals surface area contributed by atoms with Gasteiger partial charge in [0.25, 0.3) is 0 Å². The predicted octanol–water partition coefficient (Wildman–Crippen LogP) is 2.95. The third-order valence-corrected chi connectivity index (χ3v) is 2.63. The standard InChI is InChI=1S/C11H9BrN2/c1-2-9-5-8(3-4-13)6-11(12)10(9)7-14/h5-6H,2-3H2,1H3. The van der Waals surface area contributed by atoms with Crippen LogP contribution in [0.3, 0.4) is 0 Å². The molecule has 3 heteroatoms. The van der Waals surface area contributed by atoms with Gasteiger partial charge in [-0.2, -0.15) is 10.5 Å². The second kappa shape index (κ2) is 4.79. The van der Waals surface area contributed by atoms with Crippen LogP contribution in [0.5, 0.6) is 0 Å². The Morgan fingerprint density at radius 1 is 1.36 bits per heavy atom. The Hall–Kier alpha value is -1.32. The highest BCUT2D eigenvalue weighted by Gasteiger charge is 2.07. The van der Waals surface area contributed by atoms with E-state index in [-0.39, 0.29) is 0 Å². The Bertz CT molecular complexity index is 424. The summed E-state index contributed by atoms with van der Waals surface area (Å²) in [5.41, 5.74) is 2.62. The summed E-state index contributed by atoms with van der Waals surface area (Å²) in [5, 5.41) is 17.5. The van der Waals surface area contributed by atoms with Crippen LogP contribution in [0.2, 0.25) is 0 Å². The molecule has 0 heterocycles. The van der Waals surface area contributed by atoms with E-state index in [4.69, 9.17) is 10.5 Å². The summed E-state index contributed by atoms with van der Waals surface area (Å²) >= 11 is 3.34. The zero-order valence-electron chi connectivity index (χ0n) is 7.84. The van der Waals surface area contributed by atoms with Crippen molar-refractivity contribution in [3.63, 3.8) is 0 Å². The number of benzene rings is 1. The first-order chi connectivity index (χ1) is 6.72. The average Bonchev–Trinajstić information content (AvgIpc) is 2.17. The van der Waals surface area contributed by atoms with Gasteiger partial charge in [0.05, 0.1) is 18.1 Å². The first-order valence-electron chi connectivity index (χ1n) is 4.31. The maximum absolute atomic E-state index is 8.91. The summed E-state index contributed by atoms with van der Waals surface area (Å²) in [7, 11) is 0. The van der Waals surface area contributed by atoms with E-state index in [9.17, 15) is 0 Å². The van der Waals surface area contributed by atoms with Crippen LogP contribution in [-0.2, 0) is 12.8 Å². The highest BCUT2D eigenvalue weighted by atomic mass is 79.9. The fourth-order valence-corrected chi connectivity index (χ4v) is 1.96. The summed E-state index contributed by atoms with van der Waals surface area (Å²) in [6.07, 6.45) is 1.19. The first-order valence-corrected chi connectivity index (χ1v) is 5.10. The van der Waals surface area contributed by atoms with E-state index in [0.717, 1.165) is 22.0 Å². The van der Waals surface area contributed by atoms with Crippen LogP contribution in [0.4, 0.5) is 0 Å². The molecule has 0 aromatic heterocycles. The first kappa shape index (κ1) is 10.8. The van der Waals surface area contributed by atoms with Crippen LogP contribution < -0.4 is 0 Å². The number of hydrogen-bond donors (Lipinski definition) is 0. The van der Waals surface area contributed by atoms with Crippen LogP contribution in [-0.4, -0.2) is 0 Å². The lowest BCUT2D eigenvalue weighted by Gasteiger charge is -2.05. The van der Waals surface area contributed by atoms with Crippen molar-refractivity contribution in [1.82, 2.24) is 0 Å². The molecule has 0 aliphatic carbocycles. The molecular formula is C11H9BrN2. The van der Waals surface area contributed by atoms with Gasteiger partial charge in [-0.25, -0.2) is 0 Å². The molecule has 14 heavy (non-hydrogen) atoms. The van der Waals surface area contributed by atoms with Gasteiger partial charge in [-0.1, -0.05) is 13.0 Å². The van der Waals surface area contributed by atoms with Gasteiger partial charge in [-0.3, -0.25) is 0 Å². The van der Waals surface area contributed by atoms with Crippen molar-refractivity contribution in [2.24, 2.45) is 0 Å². The summed E-state index contributed by atoms with van der Waals surface area (Å²) in [5.74, 6) is 0. The Labute approximate surface area is 91.9 Å². The lowest BCUT2D eigenvalue weighted by Crippen LogP contribution is -1.93. The topological polar surface area (TPSA) is 47.6 Å². The van der Waals surface area contributed by atoms with E-state index in [1.807, 2.05) is 19.1 Å². The van der Waals surface area contributed by atoms with Crippen molar-refractivity contribution in [3.8, 4) is 12.1 Å². The van der Waals surface area contributed by atoms with E-state index >= 15 is 0 Å². The molecule has 0 spiro atoms. The molecule has 0 saturated carbocycles. The monoisotopic (exact) mass is 248 g/mol. The van der Waals surface area contributed by atoms with Crippen molar-refractivity contribution in [3.05, 3.63) is 33.3 Å². The second-order valence-electron chi connectivity index (χ2n) is 2.91. The minimum Gasteiger partial charge on any atom is -0.198 e. The number of rotatable bonds is 2. The zero-order chi connectivity index (χ0) is 10.6. The van der Waals surface area contributed by atoms with E-state index in [1.165, 1.54) is 0 Å². The zero-order valence-corrected chi connectivity index (χ0v) is 9.43. The minimum absolute atomic E-state index is 0.386. The molecule has 0 radical (unpaired) electrons. The minimum atomic E-state index is 0.386. The fraction of sp³-hybridized carbons (Fsp3) is 0.273. The van der Waals surface area contributed by atoms with E-state index < -0.39 is 0 Å². The van der Waals surface area contributed by atoms with E-state index in [1.54, 1.807) is 0 Å². The molecule has 1 aromatic rings. The number of nitriles is 2. The third kappa shape index (κ3) is 2.13. The largest absolute Gasteiger partial charge is 0.198 e. The third-order valence-electron chi connectivity index (χ3n) is 2.01. The number of nitrogens with zero attached hydrogens (tertiary/aromatic N) is 2. The molecule has 0 aliphatic heterocycles. The maximum Gasteiger partial charge on any atom is 0.101 e. The Kier molecular flexibility index (Phi) is 3.68. The van der Waals surface area contributed by atoms with Gasteiger partial charge in [-0.15, -0.1) is 0 Å². The molecular weight excluding hydrogens is 240 g/mol. The summed E-state index contributed by atoms with van der Waals surface area (Å²) in [6.45, 7) is 2.00. The molecule has 0 bridgehead atoms. The predicted molar refractivity (Wildman–Crippen MR) is 57.6 cm³/mol. The molecule has 0 saturated heterocycles. The van der Waals surface area contributed by atoms with Crippen LogP contribution in [0.25, 0.3) is 0 Å². The van der Waals surface area contributed by atoms with Crippen LogP contribution >= 0.6 is 15.9 Å². The SMILES string of the molecule is CCc1cc(CC#N)cc(Br)c1C#N. The second-order valence-corrected chi connectivity index (χ2v) is 3.77. The highest BCUT2D eigenvalue weighted by Crippen LogP contribution is 2.23. The highest BCUT2D eigenvalue weighted by molar-refractivity contribution is 9.10. The van der Waals surface area contributed by atoms with Gasteiger partial charge in [0.15, 0.2) is 0 Å². The average molecular weight is 249 g/mol. The van der Waals surface area contributed by atoms with Gasteiger partial charge >= 0.3 is 0 Å². The molecule has 0 fully saturated rings. The normalized spacial score (nSPS) is 9.14.